The third-order valence-corrected chi connectivity index (χ3v) is 4.72. The Balaban J connectivity index is 0.00000363. The van der Waals surface area contributed by atoms with Gasteiger partial charge in [0, 0.05) is 18.8 Å². The summed E-state index contributed by atoms with van der Waals surface area (Å²) < 4.78 is 7.45. The second-order valence-electron chi connectivity index (χ2n) is 7.27. The minimum atomic E-state index is 0. The average Bonchev–Trinajstić information content (AvgIpc) is 2.78. The molecule has 0 aliphatic rings. The number of aryl methyl sites for hydroxylation is 1. The second-order valence-corrected chi connectivity index (χ2v) is 7.27. The van der Waals surface area contributed by atoms with Crippen LogP contribution in [-0.4, -0.2) is 30.2 Å². The first-order valence-electron chi connectivity index (χ1n) is 10.6. The van der Waals surface area contributed by atoms with Gasteiger partial charge in [-0.05, 0) is 43.2 Å². The van der Waals surface area contributed by atoms with Gasteiger partial charge in [-0.2, -0.15) is 0 Å². The SMILES string of the molecule is CCNC(=NCc1ccc(Cn2ccccc2=O)cc1)NCCOc1ccc(C)cc1.I. The molecule has 0 atom stereocenters. The third kappa shape index (κ3) is 8.37. The number of guanidine groups is 1. The van der Waals surface area contributed by atoms with Gasteiger partial charge in [-0.15, -0.1) is 24.0 Å². The summed E-state index contributed by atoms with van der Waals surface area (Å²) in [6, 6.07) is 21.4. The maximum atomic E-state index is 11.9. The predicted molar refractivity (Wildman–Crippen MR) is 141 cm³/mol. The van der Waals surface area contributed by atoms with Gasteiger partial charge < -0.3 is 19.9 Å². The van der Waals surface area contributed by atoms with Crippen LogP contribution in [-0.2, 0) is 13.1 Å². The van der Waals surface area contributed by atoms with Crippen LogP contribution >= 0.6 is 24.0 Å². The van der Waals surface area contributed by atoms with E-state index in [1.165, 1.54) is 5.56 Å². The molecule has 0 bridgehead atoms. The Morgan fingerprint density at radius 1 is 0.969 bits per heavy atom. The molecule has 0 saturated carbocycles. The molecule has 2 aromatic carbocycles. The number of nitrogens with zero attached hydrogens (tertiary/aromatic N) is 2. The number of nitrogens with one attached hydrogen (secondary N) is 2. The first kappa shape index (κ1) is 25.5. The van der Waals surface area contributed by atoms with Gasteiger partial charge in [0.2, 0.25) is 0 Å². The van der Waals surface area contributed by atoms with Gasteiger partial charge >= 0.3 is 0 Å². The molecule has 1 aromatic heterocycles. The molecule has 3 aromatic rings. The Bertz CT molecular complexity index is 1030. The van der Waals surface area contributed by atoms with Crippen molar-refractivity contribution in [1.82, 2.24) is 15.2 Å². The summed E-state index contributed by atoms with van der Waals surface area (Å²) in [5.41, 5.74) is 3.41. The fourth-order valence-corrected chi connectivity index (χ4v) is 3.02. The lowest BCUT2D eigenvalue weighted by molar-refractivity contribution is 0.322. The minimum absolute atomic E-state index is 0. The number of aromatic nitrogens is 1. The predicted octanol–water partition coefficient (Wildman–Crippen LogP) is 3.96. The van der Waals surface area contributed by atoms with Crippen molar-refractivity contribution in [1.29, 1.82) is 0 Å². The van der Waals surface area contributed by atoms with Crippen molar-refractivity contribution in [3.8, 4) is 5.75 Å². The van der Waals surface area contributed by atoms with Gasteiger partial charge in [-0.1, -0.05) is 48.0 Å². The molecule has 7 heteroatoms. The van der Waals surface area contributed by atoms with Crippen LogP contribution in [0.2, 0.25) is 0 Å². The zero-order chi connectivity index (χ0) is 21.9. The molecule has 0 amide bonds. The molecule has 32 heavy (non-hydrogen) atoms. The molecule has 0 spiro atoms. The highest BCUT2D eigenvalue weighted by atomic mass is 127. The number of pyridine rings is 1. The third-order valence-electron chi connectivity index (χ3n) is 4.72. The molecule has 1 heterocycles. The van der Waals surface area contributed by atoms with E-state index in [1.807, 2.05) is 49.4 Å². The Kier molecular flexibility index (Phi) is 10.8. The van der Waals surface area contributed by atoms with E-state index in [2.05, 4.69) is 34.7 Å². The number of halogens is 1. The summed E-state index contributed by atoms with van der Waals surface area (Å²) >= 11 is 0. The summed E-state index contributed by atoms with van der Waals surface area (Å²) in [4.78, 5) is 16.5. The van der Waals surface area contributed by atoms with Gasteiger partial charge in [-0.3, -0.25) is 4.79 Å². The minimum Gasteiger partial charge on any atom is -0.492 e. The van der Waals surface area contributed by atoms with Crippen molar-refractivity contribution >= 4 is 29.9 Å². The number of benzene rings is 2. The highest BCUT2D eigenvalue weighted by Gasteiger charge is 2.01. The molecule has 0 radical (unpaired) electrons. The first-order chi connectivity index (χ1) is 15.1. The zero-order valence-electron chi connectivity index (χ0n) is 18.6. The molecular formula is C25H31IN4O2. The Labute approximate surface area is 206 Å². The van der Waals surface area contributed by atoms with Gasteiger partial charge in [0.15, 0.2) is 5.96 Å². The maximum absolute atomic E-state index is 11.9. The molecule has 0 saturated heterocycles. The molecule has 0 aliphatic heterocycles. The van der Waals surface area contributed by atoms with E-state index in [1.54, 1.807) is 22.9 Å². The normalized spacial score (nSPS) is 10.9. The topological polar surface area (TPSA) is 67.7 Å². The lowest BCUT2D eigenvalue weighted by Crippen LogP contribution is -2.39. The zero-order valence-corrected chi connectivity index (χ0v) is 20.9. The molecular weight excluding hydrogens is 515 g/mol. The van der Waals surface area contributed by atoms with Crippen molar-refractivity contribution in [2.24, 2.45) is 4.99 Å². The van der Waals surface area contributed by atoms with Crippen molar-refractivity contribution < 1.29 is 4.74 Å². The van der Waals surface area contributed by atoms with Crippen LogP contribution in [0.25, 0.3) is 0 Å². The van der Waals surface area contributed by atoms with E-state index in [9.17, 15) is 4.79 Å². The van der Waals surface area contributed by atoms with Gasteiger partial charge in [-0.25, -0.2) is 4.99 Å². The average molecular weight is 546 g/mol. The fourth-order valence-electron chi connectivity index (χ4n) is 3.02. The summed E-state index contributed by atoms with van der Waals surface area (Å²) in [5, 5.41) is 6.55. The van der Waals surface area contributed by atoms with E-state index in [-0.39, 0.29) is 29.5 Å². The number of hydrogen-bond donors (Lipinski definition) is 2. The molecule has 0 unspecified atom stereocenters. The van der Waals surface area contributed by atoms with Crippen LogP contribution in [0.15, 0.2) is 82.7 Å². The molecule has 170 valence electrons. The lowest BCUT2D eigenvalue weighted by Gasteiger charge is -2.12. The molecule has 6 nitrogen and oxygen atoms in total. The Morgan fingerprint density at radius 2 is 1.69 bits per heavy atom. The van der Waals surface area contributed by atoms with Crippen LogP contribution in [0.4, 0.5) is 0 Å². The van der Waals surface area contributed by atoms with Crippen LogP contribution in [0.3, 0.4) is 0 Å². The van der Waals surface area contributed by atoms with E-state index in [0.717, 1.165) is 29.4 Å². The maximum Gasteiger partial charge on any atom is 0.250 e. The van der Waals surface area contributed by atoms with Gasteiger partial charge in [0.25, 0.3) is 5.56 Å². The van der Waals surface area contributed by atoms with Crippen molar-refractivity contribution in [3.05, 3.63) is 100.0 Å². The summed E-state index contributed by atoms with van der Waals surface area (Å²) in [5.74, 6) is 1.63. The van der Waals surface area contributed by atoms with E-state index < -0.39 is 0 Å². The number of aliphatic imine (C=N–C) groups is 1. The van der Waals surface area contributed by atoms with Crippen molar-refractivity contribution in [3.63, 3.8) is 0 Å². The second kappa shape index (κ2) is 13.6. The number of hydrogen-bond acceptors (Lipinski definition) is 3. The standard InChI is InChI=1S/C25H30N4O2.HI/c1-3-26-25(27-15-17-31-23-13-7-20(2)8-14-23)28-18-21-9-11-22(12-10-21)19-29-16-5-4-6-24(29)30;/h4-14,16H,3,15,17-19H2,1-2H3,(H2,26,27,28);1H. The number of rotatable bonds is 9. The van der Waals surface area contributed by atoms with Crippen LogP contribution in [0.5, 0.6) is 5.75 Å². The van der Waals surface area contributed by atoms with Gasteiger partial charge in [0.05, 0.1) is 19.6 Å². The summed E-state index contributed by atoms with van der Waals surface area (Å²) in [7, 11) is 0. The smallest absolute Gasteiger partial charge is 0.250 e. The van der Waals surface area contributed by atoms with Crippen molar-refractivity contribution in [2.75, 3.05) is 19.7 Å². The van der Waals surface area contributed by atoms with Crippen LogP contribution < -0.4 is 20.9 Å². The van der Waals surface area contributed by atoms with Gasteiger partial charge in [0.1, 0.15) is 12.4 Å². The highest BCUT2D eigenvalue weighted by molar-refractivity contribution is 14.0. The largest absolute Gasteiger partial charge is 0.492 e. The highest BCUT2D eigenvalue weighted by Crippen LogP contribution is 2.11. The first-order valence-corrected chi connectivity index (χ1v) is 10.6. The summed E-state index contributed by atoms with van der Waals surface area (Å²) in [6.45, 7) is 7.23. The molecule has 3 rings (SSSR count). The van der Waals surface area contributed by atoms with Crippen LogP contribution in [0.1, 0.15) is 23.6 Å². The molecule has 2 N–H and O–H groups in total. The van der Waals surface area contributed by atoms with E-state index >= 15 is 0 Å². The van der Waals surface area contributed by atoms with Crippen molar-refractivity contribution in [2.45, 2.75) is 26.9 Å². The Hall–Kier alpha value is -2.81. The lowest BCUT2D eigenvalue weighted by atomic mass is 10.1. The molecule has 0 fully saturated rings. The quantitative estimate of drug-likeness (QED) is 0.185. The number of ether oxygens (including phenoxy) is 1. The Morgan fingerprint density at radius 3 is 2.38 bits per heavy atom. The summed E-state index contributed by atoms with van der Waals surface area (Å²) in [6.07, 6.45) is 1.80. The van der Waals surface area contributed by atoms with Crippen LogP contribution in [0, 0.1) is 6.92 Å². The molecule has 0 aliphatic carbocycles. The fraction of sp³-hybridized carbons (Fsp3) is 0.280. The van der Waals surface area contributed by atoms with E-state index in [4.69, 9.17) is 4.74 Å². The van der Waals surface area contributed by atoms with E-state index in [0.29, 0.717) is 26.2 Å². The monoisotopic (exact) mass is 546 g/mol.